The fourth-order valence-corrected chi connectivity index (χ4v) is 4.83. The predicted octanol–water partition coefficient (Wildman–Crippen LogP) is 4.68. The van der Waals surface area contributed by atoms with Crippen LogP contribution >= 0.6 is 22.9 Å². The van der Waals surface area contributed by atoms with Gasteiger partial charge in [0.25, 0.3) is 0 Å². The van der Waals surface area contributed by atoms with E-state index in [9.17, 15) is 9.59 Å². The van der Waals surface area contributed by atoms with Crippen molar-refractivity contribution >= 4 is 40.6 Å². The Morgan fingerprint density at radius 2 is 2.07 bits per heavy atom. The number of esters is 2. The molecule has 30 heavy (non-hydrogen) atoms. The zero-order chi connectivity index (χ0) is 21.1. The summed E-state index contributed by atoms with van der Waals surface area (Å²) < 4.78 is 10.7. The van der Waals surface area contributed by atoms with Gasteiger partial charge in [0.1, 0.15) is 0 Å². The van der Waals surface area contributed by atoms with Crippen LogP contribution in [0.15, 0.2) is 54.9 Å². The Balaban J connectivity index is 1.66. The standard InChI is InChI=1S/C22H19ClN2O4S/c1-28-22(27)20(15-7-2-3-8-16(15)23)25-11-5-9-18-17(25)12-19(30-18)29-21(26)14-6-4-10-24-13-14/h2-4,6-8,10,12-13,20H,5,9,11H2,1H3. The molecule has 1 unspecified atom stereocenters. The molecule has 1 aromatic carbocycles. The van der Waals surface area contributed by atoms with Crippen LogP contribution in [0.25, 0.3) is 0 Å². The molecule has 6 nitrogen and oxygen atoms in total. The maximum atomic E-state index is 12.7. The number of hydrogen-bond acceptors (Lipinski definition) is 7. The van der Waals surface area contributed by atoms with Crippen LogP contribution in [0.3, 0.4) is 0 Å². The second-order valence-corrected chi connectivity index (χ2v) is 8.26. The average Bonchev–Trinajstić information content (AvgIpc) is 3.18. The quantitative estimate of drug-likeness (QED) is 0.534. The number of benzene rings is 1. The van der Waals surface area contributed by atoms with Crippen LogP contribution in [0.5, 0.6) is 5.06 Å². The number of halogens is 1. The molecule has 154 valence electrons. The molecule has 0 saturated heterocycles. The molecule has 0 bridgehead atoms. The van der Waals surface area contributed by atoms with Crippen molar-refractivity contribution in [3.8, 4) is 5.06 Å². The van der Waals surface area contributed by atoms with Crippen molar-refractivity contribution < 1.29 is 19.1 Å². The molecule has 3 heterocycles. The van der Waals surface area contributed by atoms with Gasteiger partial charge in [-0.3, -0.25) is 4.98 Å². The van der Waals surface area contributed by atoms with Gasteiger partial charge in [-0.25, -0.2) is 9.59 Å². The summed E-state index contributed by atoms with van der Waals surface area (Å²) in [5, 5.41) is 0.974. The molecule has 8 heteroatoms. The maximum Gasteiger partial charge on any atom is 0.345 e. The van der Waals surface area contributed by atoms with E-state index in [0.29, 0.717) is 27.8 Å². The molecule has 1 aliphatic heterocycles. The maximum absolute atomic E-state index is 12.7. The zero-order valence-electron chi connectivity index (χ0n) is 16.2. The molecule has 3 aromatic rings. The molecule has 0 fully saturated rings. The van der Waals surface area contributed by atoms with Crippen LogP contribution in [-0.2, 0) is 16.0 Å². The summed E-state index contributed by atoms with van der Waals surface area (Å²) in [7, 11) is 1.37. The lowest BCUT2D eigenvalue weighted by Gasteiger charge is -2.35. The van der Waals surface area contributed by atoms with Crippen LogP contribution in [-0.4, -0.2) is 30.6 Å². The molecule has 1 atom stereocenters. The lowest BCUT2D eigenvalue weighted by molar-refractivity contribution is -0.142. The van der Waals surface area contributed by atoms with Gasteiger partial charge in [-0.05, 0) is 31.0 Å². The van der Waals surface area contributed by atoms with Gasteiger partial charge >= 0.3 is 11.9 Å². The Morgan fingerprint density at radius 1 is 1.23 bits per heavy atom. The summed E-state index contributed by atoms with van der Waals surface area (Å²) in [4.78, 5) is 32.1. The Bertz CT molecular complexity index is 1070. The third kappa shape index (κ3) is 4.04. The molecule has 0 spiro atoms. The number of nitrogens with zero attached hydrogens (tertiary/aromatic N) is 2. The van der Waals surface area contributed by atoms with E-state index >= 15 is 0 Å². The normalized spacial score (nSPS) is 14.0. The topological polar surface area (TPSA) is 68.7 Å². The first-order valence-electron chi connectivity index (χ1n) is 9.42. The number of carbonyl (C=O) groups excluding carboxylic acids is 2. The van der Waals surface area contributed by atoms with Crippen molar-refractivity contribution in [2.24, 2.45) is 0 Å². The van der Waals surface area contributed by atoms with E-state index in [1.54, 1.807) is 30.5 Å². The van der Waals surface area contributed by atoms with Gasteiger partial charge in [-0.15, -0.1) is 11.3 Å². The monoisotopic (exact) mass is 442 g/mol. The largest absolute Gasteiger partial charge is 0.467 e. The highest BCUT2D eigenvalue weighted by Gasteiger charge is 2.34. The van der Waals surface area contributed by atoms with Crippen molar-refractivity contribution in [3.05, 3.63) is 75.9 Å². The zero-order valence-corrected chi connectivity index (χ0v) is 17.8. The lowest BCUT2D eigenvalue weighted by Crippen LogP contribution is -2.38. The lowest BCUT2D eigenvalue weighted by atomic mass is 10.0. The van der Waals surface area contributed by atoms with Crippen molar-refractivity contribution in [2.75, 3.05) is 18.6 Å². The number of pyridine rings is 1. The molecule has 4 rings (SSSR count). The fraction of sp³-hybridized carbons (Fsp3) is 0.227. The minimum Gasteiger partial charge on any atom is -0.467 e. The second kappa shape index (κ2) is 8.85. The minimum atomic E-state index is -0.681. The molecule has 2 aromatic heterocycles. The van der Waals surface area contributed by atoms with E-state index in [-0.39, 0.29) is 0 Å². The fourth-order valence-electron chi connectivity index (χ4n) is 3.53. The van der Waals surface area contributed by atoms with Gasteiger partial charge in [0.05, 0.1) is 18.4 Å². The highest BCUT2D eigenvalue weighted by molar-refractivity contribution is 7.14. The van der Waals surface area contributed by atoms with Crippen molar-refractivity contribution in [3.63, 3.8) is 0 Å². The van der Waals surface area contributed by atoms with Gasteiger partial charge in [0, 0.05) is 40.5 Å². The first kappa shape index (κ1) is 20.4. The van der Waals surface area contributed by atoms with E-state index in [0.717, 1.165) is 23.4 Å². The van der Waals surface area contributed by atoms with E-state index < -0.39 is 18.0 Å². The average molecular weight is 443 g/mol. The number of thiophene rings is 1. The van der Waals surface area contributed by atoms with Gasteiger partial charge in [0.15, 0.2) is 11.1 Å². The molecule has 0 radical (unpaired) electrons. The van der Waals surface area contributed by atoms with Crippen molar-refractivity contribution in [1.82, 2.24) is 4.98 Å². The number of anilines is 1. The van der Waals surface area contributed by atoms with E-state index in [1.165, 1.54) is 24.6 Å². The Hall–Kier alpha value is -2.90. The van der Waals surface area contributed by atoms with Gasteiger partial charge in [-0.2, -0.15) is 0 Å². The highest BCUT2D eigenvalue weighted by atomic mass is 35.5. The first-order chi connectivity index (χ1) is 14.6. The Kier molecular flexibility index (Phi) is 6.01. The third-order valence-electron chi connectivity index (χ3n) is 4.90. The smallest absolute Gasteiger partial charge is 0.345 e. The summed E-state index contributed by atoms with van der Waals surface area (Å²) in [5.41, 5.74) is 1.92. The first-order valence-corrected chi connectivity index (χ1v) is 10.6. The highest BCUT2D eigenvalue weighted by Crippen LogP contribution is 2.43. The number of hydrogen-bond donors (Lipinski definition) is 0. The predicted molar refractivity (Wildman–Crippen MR) is 115 cm³/mol. The summed E-state index contributed by atoms with van der Waals surface area (Å²) in [6, 6.07) is 11.7. The molecule has 0 N–H and O–H groups in total. The van der Waals surface area contributed by atoms with Crippen LogP contribution < -0.4 is 9.64 Å². The van der Waals surface area contributed by atoms with Crippen LogP contribution in [0.4, 0.5) is 5.69 Å². The molecule has 1 aliphatic rings. The van der Waals surface area contributed by atoms with E-state index in [2.05, 4.69) is 4.98 Å². The van der Waals surface area contributed by atoms with Crippen molar-refractivity contribution in [2.45, 2.75) is 18.9 Å². The number of fused-ring (bicyclic) bond motifs is 1. The molecule has 0 aliphatic carbocycles. The number of carbonyl (C=O) groups is 2. The second-order valence-electron chi connectivity index (χ2n) is 6.75. The van der Waals surface area contributed by atoms with Crippen LogP contribution in [0.1, 0.15) is 33.3 Å². The van der Waals surface area contributed by atoms with Crippen LogP contribution in [0.2, 0.25) is 5.02 Å². The SMILES string of the molecule is COC(=O)C(c1ccccc1Cl)N1CCCc2sc(OC(=O)c3cccnc3)cc21. The molecule has 0 saturated carbocycles. The van der Waals surface area contributed by atoms with E-state index in [1.807, 2.05) is 23.1 Å². The van der Waals surface area contributed by atoms with Gasteiger partial charge in [0.2, 0.25) is 0 Å². The summed E-state index contributed by atoms with van der Waals surface area (Å²) in [5.74, 6) is -0.861. The number of aromatic nitrogens is 1. The number of aryl methyl sites for hydroxylation is 1. The summed E-state index contributed by atoms with van der Waals surface area (Å²) >= 11 is 7.81. The van der Waals surface area contributed by atoms with Crippen molar-refractivity contribution in [1.29, 1.82) is 0 Å². The number of methoxy groups -OCH3 is 1. The minimum absolute atomic E-state index is 0.379. The number of rotatable bonds is 5. The van der Waals surface area contributed by atoms with E-state index in [4.69, 9.17) is 21.1 Å². The molecular formula is C22H19ClN2O4S. The summed E-state index contributed by atoms with van der Waals surface area (Å²) in [6.07, 6.45) is 4.77. The Morgan fingerprint density at radius 3 is 2.80 bits per heavy atom. The van der Waals surface area contributed by atoms with Gasteiger partial charge < -0.3 is 14.4 Å². The molecular weight excluding hydrogens is 424 g/mol. The molecule has 0 amide bonds. The van der Waals surface area contributed by atoms with Crippen LogP contribution in [0, 0.1) is 0 Å². The van der Waals surface area contributed by atoms with Gasteiger partial charge in [-0.1, -0.05) is 29.8 Å². The summed E-state index contributed by atoms with van der Waals surface area (Å²) in [6.45, 7) is 0.657. The Labute approximate surface area is 183 Å². The third-order valence-corrected chi connectivity index (χ3v) is 6.31. The number of ether oxygens (including phenoxy) is 2.